The Balaban J connectivity index is 2.68. The molecule has 1 aliphatic rings. The van der Waals surface area contributed by atoms with Gasteiger partial charge < -0.3 is 4.90 Å². The largest absolute Gasteiger partial charge is 0.347 e. The highest BCUT2D eigenvalue weighted by molar-refractivity contribution is 6.46. The van der Waals surface area contributed by atoms with Gasteiger partial charge in [-0.05, 0) is 6.92 Å². The van der Waals surface area contributed by atoms with Gasteiger partial charge in [-0.25, -0.2) is 0 Å². The topological polar surface area (TPSA) is 12.4 Å². The molecule has 0 aromatic heterocycles. The molecule has 1 rings (SSSR count). The Morgan fingerprint density at radius 2 is 2.67 bits per heavy atom. The molecule has 0 aromatic rings. The fourth-order valence-electron chi connectivity index (χ4n) is 0.386. The molecule has 2 heteroatoms. The highest BCUT2D eigenvalue weighted by Gasteiger charge is 1.88. The van der Waals surface area contributed by atoms with Crippen molar-refractivity contribution in [1.29, 1.82) is 0 Å². The Kier molecular flexibility index (Phi) is 0.786. The molecule has 1 heterocycles. The molecule has 0 amide bonds. The first-order valence-corrected chi connectivity index (χ1v) is 1.94. The van der Waals surface area contributed by atoms with Crippen molar-refractivity contribution in [3.8, 4) is 0 Å². The standard InChI is InChI=1S/C4H5BN/c1-4-2-3-5-6-4/h2-3H,1H3. The molecule has 0 saturated heterocycles. The van der Waals surface area contributed by atoms with Gasteiger partial charge >= 0.3 is 7.41 Å². The SMILES string of the molecule is CC1=N[B]C=C1. The molecule has 0 spiro atoms. The zero-order valence-electron chi connectivity index (χ0n) is 3.68. The normalized spacial score (nSPS) is 17.2. The zero-order valence-corrected chi connectivity index (χ0v) is 3.68. The molecule has 0 unspecified atom stereocenters. The summed E-state index contributed by atoms with van der Waals surface area (Å²) in [7, 11) is 1.79. The van der Waals surface area contributed by atoms with E-state index >= 15 is 0 Å². The molecule has 0 fully saturated rings. The maximum atomic E-state index is 3.92. The molecule has 1 nitrogen and oxygen atoms in total. The van der Waals surface area contributed by atoms with Crippen molar-refractivity contribution in [3.05, 3.63) is 12.1 Å². The summed E-state index contributed by atoms with van der Waals surface area (Å²) >= 11 is 0. The molecule has 0 aromatic carbocycles. The van der Waals surface area contributed by atoms with Gasteiger partial charge in [0.1, 0.15) is 0 Å². The minimum atomic E-state index is 1.09. The Morgan fingerprint density at radius 1 is 1.83 bits per heavy atom. The minimum absolute atomic E-state index is 1.09. The number of hydrogen-bond donors (Lipinski definition) is 0. The first-order chi connectivity index (χ1) is 2.89. The molecule has 0 bridgehead atoms. The number of hydrogen-bond acceptors (Lipinski definition) is 1. The first kappa shape index (κ1) is 3.66. The van der Waals surface area contributed by atoms with Crippen molar-refractivity contribution in [2.75, 3.05) is 0 Å². The lowest BCUT2D eigenvalue weighted by Crippen LogP contribution is -1.75. The quantitative estimate of drug-likeness (QED) is 0.376. The summed E-state index contributed by atoms with van der Waals surface area (Å²) in [5, 5.41) is 0. The second-order valence-corrected chi connectivity index (χ2v) is 1.28. The van der Waals surface area contributed by atoms with Gasteiger partial charge in [0.25, 0.3) is 0 Å². The molecule has 0 aliphatic carbocycles. The van der Waals surface area contributed by atoms with Crippen LogP contribution in [0.3, 0.4) is 0 Å². The summed E-state index contributed by atoms with van der Waals surface area (Å²) in [5.41, 5.74) is 1.09. The third-order valence-corrected chi connectivity index (χ3v) is 0.702. The molecule has 1 radical (unpaired) electrons. The Labute approximate surface area is 38.0 Å². The van der Waals surface area contributed by atoms with Gasteiger partial charge in [-0.3, -0.25) is 0 Å². The van der Waals surface area contributed by atoms with Crippen molar-refractivity contribution in [2.24, 2.45) is 4.90 Å². The van der Waals surface area contributed by atoms with Gasteiger partial charge in [-0.1, -0.05) is 12.1 Å². The molecule has 0 N–H and O–H groups in total. The maximum Gasteiger partial charge on any atom is 0.304 e. The van der Waals surface area contributed by atoms with E-state index in [1.165, 1.54) is 0 Å². The number of allylic oxidation sites excluding steroid dienone is 1. The lowest BCUT2D eigenvalue weighted by atomic mass is 10.00. The lowest BCUT2D eigenvalue weighted by Gasteiger charge is -1.73. The van der Waals surface area contributed by atoms with Gasteiger partial charge in [-0.2, -0.15) is 0 Å². The predicted molar refractivity (Wildman–Crippen MR) is 28.0 cm³/mol. The Hall–Kier alpha value is -0.525. The van der Waals surface area contributed by atoms with Gasteiger partial charge in [0, 0.05) is 5.71 Å². The summed E-state index contributed by atoms with van der Waals surface area (Å²) in [6.45, 7) is 1.97. The van der Waals surface area contributed by atoms with Crippen LogP contribution in [0.5, 0.6) is 0 Å². The van der Waals surface area contributed by atoms with Crippen LogP contribution in [0.15, 0.2) is 17.0 Å². The van der Waals surface area contributed by atoms with Crippen LogP contribution in [0.4, 0.5) is 0 Å². The highest BCUT2D eigenvalue weighted by Crippen LogP contribution is 1.86. The predicted octanol–water partition coefficient (Wildman–Crippen LogP) is 0.594. The summed E-state index contributed by atoms with van der Waals surface area (Å²) in [5.74, 6) is 1.93. The molecular weight excluding hydrogens is 72.9 g/mol. The Bertz CT molecular complexity index is 101. The summed E-state index contributed by atoms with van der Waals surface area (Å²) in [6.07, 6.45) is 1.97. The van der Waals surface area contributed by atoms with E-state index in [1.807, 2.05) is 19.0 Å². The van der Waals surface area contributed by atoms with E-state index in [1.54, 1.807) is 7.41 Å². The van der Waals surface area contributed by atoms with Crippen LogP contribution in [-0.4, -0.2) is 13.1 Å². The van der Waals surface area contributed by atoms with Crippen LogP contribution in [0, 0.1) is 0 Å². The second-order valence-electron chi connectivity index (χ2n) is 1.28. The van der Waals surface area contributed by atoms with Crippen molar-refractivity contribution in [2.45, 2.75) is 6.92 Å². The van der Waals surface area contributed by atoms with E-state index in [-0.39, 0.29) is 0 Å². The van der Waals surface area contributed by atoms with E-state index in [9.17, 15) is 0 Å². The van der Waals surface area contributed by atoms with Crippen LogP contribution < -0.4 is 0 Å². The van der Waals surface area contributed by atoms with Gasteiger partial charge in [0.15, 0.2) is 0 Å². The van der Waals surface area contributed by atoms with Crippen molar-refractivity contribution < 1.29 is 0 Å². The van der Waals surface area contributed by atoms with E-state index in [4.69, 9.17) is 0 Å². The molecule has 0 atom stereocenters. The molecule has 1 aliphatic heterocycles. The monoisotopic (exact) mass is 78.1 g/mol. The van der Waals surface area contributed by atoms with Crippen LogP contribution >= 0.6 is 0 Å². The minimum Gasteiger partial charge on any atom is -0.347 e. The number of nitrogens with zero attached hydrogens (tertiary/aromatic N) is 1. The smallest absolute Gasteiger partial charge is 0.304 e. The van der Waals surface area contributed by atoms with Gasteiger partial charge in [0.2, 0.25) is 0 Å². The van der Waals surface area contributed by atoms with E-state index in [0.29, 0.717) is 0 Å². The van der Waals surface area contributed by atoms with Crippen LogP contribution in [0.2, 0.25) is 0 Å². The van der Waals surface area contributed by atoms with Crippen LogP contribution in [0.1, 0.15) is 6.92 Å². The van der Waals surface area contributed by atoms with Crippen molar-refractivity contribution >= 4 is 13.1 Å². The fraction of sp³-hybridized carbons (Fsp3) is 0.250. The maximum absolute atomic E-state index is 3.92. The van der Waals surface area contributed by atoms with E-state index in [2.05, 4.69) is 4.90 Å². The summed E-state index contributed by atoms with van der Waals surface area (Å²) in [6, 6.07) is 0. The van der Waals surface area contributed by atoms with Crippen molar-refractivity contribution in [3.63, 3.8) is 0 Å². The van der Waals surface area contributed by atoms with Crippen LogP contribution in [-0.2, 0) is 0 Å². The zero-order chi connectivity index (χ0) is 4.41. The average molecular weight is 77.9 g/mol. The highest BCUT2D eigenvalue weighted by atomic mass is 14.6. The fourth-order valence-corrected chi connectivity index (χ4v) is 0.386. The molecular formula is C4H5BN. The van der Waals surface area contributed by atoms with E-state index < -0.39 is 0 Å². The third kappa shape index (κ3) is 0.508. The number of rotatable bonds is 0. The first-order valence-electron chi connectivity index (χ1n) is 1.94. The van der Waals surface area contributed by atoms with Gasteiger partial charge in [-0.15, -0.1) is 0 Å². The van der Waals surface area contributed by atoms with Crippen LogP contribution in [0.25, 0.3) is 0 Å². The van der Waals surface area contributed by atoms with Gasteiger partial charge in [0.05, 0.1) is 0 Å². The summed E-state index contributed by atoms with van der Waals surface area (Å²) < 4.78 is 0. The molecule has 29 valence electrons. The third-order valence-electron chi connectivity index (χ3n) is 0.702. The average Bonchev–Trinajstić information content (AvgIpc) is 1.86. The molecule has 6 heavy (non-hydrogen) atoms. The molecule has 0 saturated carbocycles. The lowest BCUT2D eigenvalue weighted by molar-refractivity contribution is 1.78. The summed E-state index contributed by atoms with van der Waals surface area (Å²) in [4.78, 5) is 3.92. The second kappa shape index (κ2) is 1.29. The Morgan fingerprint density at radius 3 is 2.83 bits per heavy atom. The van der Waals surface area contributed by atoms with E-state index in [0.717, 1.165) is 5.71 Å². The van der Waals surface area contributed by atoms with Crippen molar-refractivity contribution in [1.82, 2.24) is 0 Å².